The molecule has 2 aromatic heterocycles. The number of amides is 2. The van der Waals surface area contributed by atoms with E-state index in [0.29, 0.717) is 12.8 Å². The molecule has 20 heavy (non-hydrogen) atoms. The molecule has 1 N–H and O–H groups in total. The summed E-state index contributed by atoms with van der Waals surface area (Å²) in [6, 6.07) is 7.60. The highest BCUT2D eigenvalue weighted by Crippen LogP contribution is 2.35. The summed E-state index contributed by atoms with van der Waals surface area (Å²) in [5, 5.41) is 3.52. The number of para-hydroxylation sites is 1. The van der Waals surface area contributed by atoms with Crippen molar-refractivity contribution < 1.29 is 9.59 Å². The van der Waals surface area contributed by atoms with Crippen LogP contribution in [0.3, 0.4) is 0 Å². The van der Waals surface area contributed by atoms with Crippen LogP contribution in [0.5, 0.6) is 0 Å². The van der Waals surface area contributed by atoms with E-state index in [0.717, 1.165) is 21.3 Å². The zero-order valence-corrected chi connectivity index (χ0v) is 11.3. The van der Waals surface area contributed by atoms with E-state index in [4.69, 9.17) is 0 Å². The quantitative estimate of drug-likeness (QED) is 0.697. The molecule has 0 bridgehead atoms. The second-order valence-corrected chi connectivity index (χ2v) is 5.71. The lowest BCUT2D eigenvalue weighted by Gasteiger charge is -2.23. The van der Waals surface area contributed by atoms with Gasteiger partial charge in [-0.2, -0.15) is 0 Å². The van der Waals surface area contributed by atoms with E-state index in [1.807, 2.05) is 28.8 Å². The van der Waals surface area contributed by atoms with Crippen LogP contribution in [0, 0.1) is 0 Å². The number of fused-ring (bicyclic) bond motifs is 3. The highest BCUT2D eigenvalue weighted by Gasteiger charge is 2.30. The first-order valence-corrected chi connectivity index (χ1v) is 7.29. The molecule has 1 aliphatic heterocycles. The molecule has 1 unspecified atom stereocenters. The average molecular weight is 285 g/mol. The summed E-state index contributed by atoms with van der Waals surface area (Å²) in [6.45, 7) is 0. The van der Waals surface area contributed by atoms with Crippen LogP contribution in [0.2, 0.25) is 0 Å². The van der Waals surface area contributed by atoms with Gasteiger partial charge in [0, 0.05) is 11.8 Å². The fourth-order valence-corrected chi connectivity index (χ4v) is 3.64. The van der Waals surface area contributed by atoms with Gasteiger partial charge >= 0.3 is 0 Å². The fraction of sp³-hybridized carbons (Fsp3) is 0.214. The summed E-state index contributed by atoms with van der Waals surface area (Å²) in [5.74, 6) is -0.436. The summed E-state index contributed by atoms with van der Waals surface area (Å²) in [6.07, 6.45) is 0.893. The monoisotopic (exact) mass is 285 g/mol. The first kappa shape index (κ1) is 11.6. The number of thiazole rings is 1. The summed E-state index contributed by atoms with van der Waals surface area (Å²) in [4.78, 5) is 27.8. The number of nitrogens with zero attached hydrogens (tertiary/aromatic N) is 2. The minimum atomic E-state index is -0.364. The zero-order chi connectivity index (χ0) is 13.7. The molecule has 4 rings (SSSR count). The first-order chi connectivity index (χ1) is 9.75. The normalized spacial score (nSPS) is 19.7. The Labute approximate surface area is 118 Å². The maximum absolute atomic E-state index is 12.1. The van der Waals surface area contributed by atoms with E-state index in [2.05, 4.69) is 10.3 Å². The number of nitrogens with one attached hydrogen (secondary N) is 1. The molecule has 0 saturated carbocycles. The number of aromatic nitrogens is 2. The van der Waals surface area contributed by atoms with Crippen LogP contribution in [-0.2, 0) is 9.59 Å². The van der Waals surface area contributed by atoms with Crippen LogP contribution < -0.4 is 5.32 Å². The van der Waals surface area contributed by atoms with Crippen LogP contribution >= 0.6 is 11.3 Å². The summed E-state index contributed by atoms with van der Waals surface area (Å²) in [5.41, 5.74) is 3.61. The van der Waals surface area contributed by atoms with Crippen LogP contribution in [0.15, 0.2) is 29.8 Å². The first-order valence-electron chi connectivity index (χ1n) is 6.41. The topological polar surface area (TPSA) is 64.0 Å². The number of hydrogen-bond donors (Lipinski definition) is 1. The van der Waals surface area contributed by atoms with Gasteiger partial charge in [-0.3, -0.25) is 14.9 Å². The molecule has 5 nitrogen and oxygen atoms in total. The van der Waals surface area contributed by atoms with Gasteiger partial charge in [-0.1, -0.05) is 18.2 Å². The predicted molar refractivity (Wildman–Crippen MR) is 76.5 cm³/mol. The lowest BCUT2D eigenvalue weighted by Crippen LogP contribution is -2.41. The second-order valence-electron chi connectivity index (χ2n) is 4.86. The van der Waals surface area contributed by atoms with E-state index in [1.165, 1.54) is 0 Å². The molecule has 6 heteroatoms. The SMILES string of the molecule is O=C1CCC(n2c3ccccc3c3scnc32)C(=O)N1. The maximum atomic E-state index is 12.1. The molecule has 1 aromatic carbocycles. The van der Waals surface area contributed by atoms with Crippen LogP contribution in [0.25, 0.3) is 21.3 Å². The third kappa shape index (κ3) is 1.51. The number of carbonyl (C=O) groups excluding carboxylic acids is 2. The highest BCUT2D eigenvalue weighted by molar-refractivity contribution is 7.17. The Bertz CT molecular complexity index is 848. The number of rotatable bonds is 1. The van der Waals surface area contributed by atoms with Gasteiger partial charge in [0.2, 0.25) is 11.8 Å². The number of piperidine rings is 1. The Morgan fingerprint density at radius 2 is 2.15 bits per heavy atom. The molecule has 1 fully saturated rings. The predicted octanol–water partition coefficient (Wildman–Crippen LogP) is 2.23. The number of benzene rings is 1. The van der Waals surface area contributed by atoms with Crippen LogP contribution in [0.4, 0.5) is 0 Å². The summed E-state index contributed by atoms with van der Waals surface area (Å²) >= 11 is 1.57. The van der Waals surface area contributed by atoms with Crippen molar-refractivity contribution in [2.24, 2.45) is 0 Å². The summed E-state index contributed by atoms with van der Waals surface area (Å²) in [7, 11) is 0. The van der Waals surface area contributed by atoms with E-state index in [9.17, 15) is 9.59 Å². The molecule has 100 valence electrons. The maximum Gasteiger partial charge on any atom is 0.249 e. The Balaban J connectivity index is 1.99. The Morgan fingerprint density at radius 1 is 1.30 bits per heavy atom. The van der Waals surface area contributed by atoms with E-state index in [1.54, 1.807) is 16.8 Å². The van der Waals surface area contributed by atoms with E-state index < -0.39 is 0 Å². The van der Waals surface area contributed by atoms with Crippen molar-refractivity contribution in [2.75, 3.05) is 0 Å². The molecule has 1 saturated heterocycles. The van der Waals surface area contributed by atoms with Gasteiger partial charge in [-0.15, -0.1) is 11.3 Å². The van der Waals surface area contributed by atoms with Gasteiger partial charge in [0.05, 0.1) is 15.7 Å². The molecule has 0 radical (unpaired) electrons. The fourth-order valence-electron chi connectivity index (χ4n) is 2.83. The third-order valence-electron chi connectivity index (χ3n) is 3.71. The molecular weight excluding hydrogens is 274 g/mol. The number of imide groups is 1. The Morgan fingerprint density at radius 3 is 3.00 bits per heavy atom. The molecule has 1 atom stereocenters. The van der Waals surface area contributed by atoms with Gasteiger partial charge in [0.1, 0.15) is 6.04 Å². The van der Waals surface area contributed by atoms with Gasteiger partial charge in [-0.05, 0) is 12.5 Å². The van der Waals surface area contributed by atoms with Gasteiger partial charge in [-0.25, -0.2) is 4.98 Å². The van der Waals surface area contributed by atoms with Crippen molar-refractivity contribution in [3.63, 3.8) is 0 Å². The standard InChI is InChI=1S/C14H11N3O2S/c18-11-6-5-10(14(19)16-11)17-9-4-2-1-3-8(9)12-13(17)15-7-20-12/h1-4,7,10H,5-6H2,(H,16,18,19). The van der Waals surface area contributed by atoms with Crippen molar-refractivity contribution in [1.82, 2.24) is 14.9 Å². The molecule has 3 aromatic rings. The Kier molecular flexibility index (Phi) is 2.40. The van der Waals surface area contributed by atoms with E-state index in [-0.39, 0.29) is 17.9 Å². The largest absolute Gasteiger partial charge is 0.312 e. The van der Waals surface area contributed by atoms with Crippen molar-refractivity contribution in [1.29, 1.82) is 0 Å². The van der Waals surface area contributed by atoms with Crippen molar-refractivity contribution in [3.05, 3.63) is 29.8 Å². The second kappa shape index (κ2) is 4.14. The number of hydrogen-bond acceptors (Lipinski definition) is 4. The van der Waals surface area contributed by atoms with Crippen molar-refractivity contribution >= 4 is 44.4 Å². The van der Waals surface area contributed by atoms with Crippen molar-refractivity contribution in [2.45, 2.75) is 18.9 Å². The van der Waals surface area contributed by atoms with Crippen LogP contribution in [0.1, 0.15) is 18.9 Å². The van der Waals surface area contributed by atoms with Gasteiger partial charge in [0.15, 0.2) is 5.65 Å². The van der Waals surface area contributed by atoms with Crippen LogP contribution in [-0.4, -0.2) is 21.4 Å². The van der Waals surface area contributed by atoms with Crippen molar-refractivity contribution in [3.8, 4) is 0 Å². The van der Waals surface area contributed by atoms with Gasteiger partial charge < -0.3 is 4.57 Å². The Hall–Kier alpha value is -2.21. The summed E-state index contributed by atoms with van der Waals surface area (Å²) < 4.78 is 3.05. The lowest BCUT2D eigenvalue weighted by molar-refractivity contribution is -0.135. The minimum absolute atomic E-state index is 0.197. The molecule has 2 amide bonds. The smallest absolute Gasteiger partial charge is 0.249 e. The molecule has 0 aliphatic carbocycles. The molecule has 1 aliphatic rings. The lowest BCUT2D eigenvalue weighted by atomic mass is 10.1. The minimum Gasteiger partial charge on any atom is -0.312 e. The molecule has 0 spiro atoms. The highest BCUT2D eigenvalue weighted by atomic mass is 32.1. The zero-order valence-electron chi connectivity index (χ0n) is 10.5. The molecule has 3 heterocycles. The number of carbonyl (C=O) groups is 2. The average Bonchev–Trinajstić information content (AvgIpc) is 3.00. The van der Waals surface area contributed by atoms with E-state index >= 15 is 0 Å². The molecular formula is C14H11N3O2S. The van der Waals surface area contributed by atoms with Gasteiger partial charge in [0.25, 0.3) is 0 Å². The third-order valence-corrected chi connectivity index (χ3v) is 4.56.